The Bertz CT molecular complexity index is 550. The van der Waals surface area contributed by atoms with E-state index in [4.69, 9.17) is 16.7 Å². The summed E-state index contributed by atoms with van der Waals surface area (Å²) < 4.78 is 0.670. The normalized spacial score (nSPS) is 21.9. The molecule has 0 saturated carbocycles. The third kappa shape index (κ3) is 3.94. The Balaban J connectivity index is 1.84. The molecule has 0 fully saturated rings. The van der Waals surface area contributed by atoms with Crippen LogP contribution in [0.15, 0.2) is 30.4 Å². The predicted octanol–water partition coefficient (Wildman–Crippen LogP) is 2.56. The molecule has 6 heteroatoms. The molecular weight excluding hydrogens is 286 g/mol. The zero-order chi connectivity index (χ0) is 13.8. The Morgan fingerprint density at radius 2 is 2.21 bits per heavy atom. The summed E-state index contributed by atoms with van der Waals surface area (Å²) in [4.78, 5) is 23.3. The van der Waals surface area contributed by atoms with Gasteiger partial charge < -0.3 is 10.4 Å². The molecule has 2 unspecified atom stereocenters. The summed E-state index contributed by atoms with van der Waals surface area (Å²) in [6.45, 7) is 0. The van der Waals surface area contributed by atoms with Gasteiger partial charge in [0.05, 0.1) is 10.3 Å². The second kappa shape index (κ2) is 6.04. The van der Waals surface area contributed by atoms with E-state index in [2.05, 4.69) is 5.32 Å². The van der Waals surface area contributed by atoms with Crippen LogP contribution in [0, 0.1) is 5.92 Å². The summed E-state index contributed by atoms with van der Waals surface area (Å²) in [7, 11) is 0. The molecule has 0 saturated heterocycles. The van der Waals surface area contributed by atoms with E-state index in [1.807, 2.05) is 6.07 Å². The molecule has 19 heavy (non-hydrogen) atoms. The van der Waals surface area contributed by atoms with Gasteiger partial charge in [0.15, 0.2) is 0 Å². The fourth-order valence-electron chi connectivity index (χ4n) is 1.80. The molecule has 1 heterocycles. The first-order valence-electron chi connectivity index (χ1n) is 5.69. The van der Waals surface area contributed by atoms with Gasteiger partial charge in [-0.25, -0.2) is 0 Å². The molecule has 100 valence electrons. The molecule has 1 aliphatic rings. The Kier molecular flexibility index (Phi) is 4.39. The van der Waals surface area contributed by atoms with Crippen LogP contribution in [0.3, 0.4) is 0 Å². The smallest absolute Gasteiger partial charge is 0.310 e. The van der Waals surface area contributed by atoms with Crippen molar-refractivity contribution in [1.82, 2.24) is 5.32 Å². The summed E-state index contributed by atoms with van der Waals surface area (Å²) in [6.07, 6.45) is 6.83. The van der Waals surface area contributed by atoms with Crippen molar-refractivity contribution in [3.05, 3.63) is 39.6 Å². The van der Waals surface area contributed by atoms with Gasteiger partial charge in [0.1, 0.15) is 0 Å². The van der Waals surface area contributed by atoms with Gasteiger partial charge in [0.25, 0.3) is 0 Å². The maximum atomic E-state index is 11.6. The van der Waals surface area contributed by atoms with Crippen LogP contribution in [0.4, 0.5) is 0 Å². The zero-order valence-corrected chi connectivity index (χ0v) is 11.4. The van der Waals surface area contributed by atoms with Crippen molar-refractivity contribution < 1.29 is 14.7 Å². The molecule has 2 N–H and O–H groups in total. The summed E-state index contributed by atoms with van der Waals surface area (Å²) in [5.74, 6) is -1.62. The molecule has 1 aromatic heterocycles. The topological polar surface area (TPSA) is 66.4 Å². The number of carbonyl (C=O) groups is 2. The van der Waals surface area contributed by atoms with Gasteiger partial charge in [0.2, 0.25) is 5.91 Å². The number of thiophene rings is 1. The van der Waals surface area contributed by atoms with Crippen molar-refractivity contribution in [1.29, 1.82) is 0 Å². The van der Waals surface area contributed by atoms with E-state index >= 15 is 0 Å². The van der Waals surface area contributed by atoms with Crippen LogP contribution in [-0.4, -0.2) is 23.0 Å². The number of carboxylic acid groups (broad SMARTS) is 1. The molecule has 0 spiro atoms. The van der Waals surface area contributed by atoms with Crippen molar-refractivity contribution in [2.24, 2.45) is 5.92 Å². The molecular formula is C13H12ClNO3S. The lowest BCUT2D eigenvalue weighted by Gasteiger charge is -2.09. The van der Waals surface area contributed by atoms with Crippen molar-refractivity contribution in [2.45, 2.75) is 12.5 Å². The number of hydrogen-bond donors (Lipinski definition) is 2. The van der Waals surface area contributed by atoms with Gasteiger partial charge in [-0.05, 0) is 24.6 Å². The monoisotopic (exact) mass is 297 g/mol. The highest BCUT2D eigenvalue weighted by Crippen LogP contribution is 2.22. The van der Waals surface area contributed by atoms with Gasteiger partial charge in [0, 0.05) is 17.0 Å². The maximum Gasteiger partial charge on any atom is 0.310 e. The van der Waals surface area contributed by atoms with E-state index in [9.17, 15) is 9.59 Å². The van der Waals surface area contributed by atoms with Gasteiger partial charge in [-0.15, -0.1) is 11.3 Å². The van der Waals surface area contributed by atoms with E-state index in [0.717, 1.165) is 4.88 Å². The fourth-order valence-corrected chi connectivity index (χ4v) is 2.76. The van der Waals surface area contributed by atoms with Crippen molar-refractivity contribution >= 4 is 40.9 Å². The van der Waals surface area contributed by atoms with Crippen LogP contribution in [0.5, 0.6) is 0 Å². The van der Waals surface area contributed by atoms with E-state index in [-0.39, 0.29) is 11.9 Å². The zero-order valence-electron chi connectivity index (χ0n) is 9.88. The van der Waals surface area contributed by atoms with Crippen LogP contribution in [-0.2, 0) is 9.59 Å². The Labute approximate surface area is 119 Å². The van der Waals surface area contributed by atoms with Gasteiger partial charge in [-0.1, -0.05) is 23.8 Å². The molecule has 0 aliphatic heterocycles. The minimum atomic E-state index is -0.864. The lowest BCUT2D eigenvalue weighted by Crippen LogP contribution is -2.31. The molecule has 0 bridgehead atoms. The fraction of sp³-hybridized carbons (Fsp3) is 0.231. The van der Waals surface area contributed by atoms with Crippen LogP contribution in [0.1, 0.15) is 11.3 Å². The molecule has 2 atom stereocenters. The average molecular weight is 298 g/mol. The highest BCUT2D eigenvalue weighted by Gasteiger charge is 2.24. The third-order valence-electron chi connectivity index (χ3n) is 2.72. The Morgan fingerprint density at radius 3 is 2.79 bits per heavy atom. The average Bonchev–Trinajstić information content (AvgIpc) is 2.96. The van der Waals surface area contributed by atoms with Gasteiger partial charge >= 0.3 is 5.97 Å². The van der Waals surface area contributed by atoms with Crippen molar-refractivity contribution in [3.8, 4) is 0 Å². The third-order valence-corrected chi connectivity index (χ3v) is 3.92. The first-order valence-corrected chi connectivity index (χ1v) is 6.89. The minimum Gasteiger partial charge on any atom is -0.481 e. The highest BCUT2D eigenvalue weighted by atomic mass is 35.5. The number of amides is 1. The number of carbonyl (C=O) groups excluding carboxylic acids is 1. The number of carboxylic acids is 1. The van der Waals surface area contributed by atoms with Crippen molar-refractivity contribution in [2.75, 3.05) is 0 Å². The maximum absolute atomic E-state index is 11.6. The number of nitrogens with one attached hydrogen (secondary N) is 1. The highest BCUT2D eigenvalue weighted by molar-refractivity contribution is 7.17. The lowest BCUT2D eigenvalue weighted by molar-refractivity contribution is -0.140. The molecule has 0 radical (unpaired) electrons. The molecule has 2 rings (SSSR count). The largest absolute Gasteiger partial charge is 0.481 e. The first-order chi connectivity index (χ1) is 9.04. The number of aliphatic carboxylic acids is 1. The number of rotatable bonds is 4. The SMILES string of the molecule is O=C(C=Cc1ccc(Cl)s1)NC1C=CC(C(=O)O)C1. The second-order valence-corrected chi connectivity index (χ2v) is 5.90. The summed E-state index contributed by atoms with van der Waals surface area (Å²) in [6, 6.07) is 3.37. The summed E-state index contributed by atoms with van der Waals surface area (Å²) in [5, 5.41) is 11.6. The molecule has 1 amide bonds. The molecule has 1 aromatic rings. The Hall–Kier alpha value is -1.59. The summed E-state index contributed by atoms with van der Waals surface area (Å²) in [5.41, 5.74) is 0. The van der Waals surface area contributed by atoms with E-state index in [1.54, 1.807) is 24.3 Å². The van der Waals surface area contributed by atoms with Gasteiger partial charge in [-0.3, -0.25) is 9.59 Å². The van der Waals surface area contributed by atoms with E-state index in [0.29, 0.717) is 10.8 Å². The van der Waals surface area contributed by atoms with Crippen LogP contribution < -0.4 is 5.32 Å². The first kappa shape index (κ1) is 13.8. The quantitative estimate of drug-likeness (QED) is 0.663. The van der Waals surface area contributed by atoms with E-state index < -0.39 is 11.9 Å². The number of halogens is 1. The van der Waals surface area contributed by atoms with Crippen LogP contribution in [0.25, 0.3) is 6.08 Å². The second-order valence-electron chi connectivity index (χ2n) is 4.16. The standard InChI is InChI=1S/C13H12ClNO3S/c14-11-5-3-10(19-11)4-6-12(16)15-9-2-1-8(7-9)13(17)18/h1-6,8-9H,7H2,(H,15,16)(H,17,18). The van der Waals surface area contributed by atoms with Crippen molar-refractivity contribution in [3.63, 3.8) is 0 Å². The van der Waals surface area contributed by atoms with Gasteiger partial charge in [-0.2, -0.15) is 0 Å². The predicted molar refractivity (Wildman–Crippen MR) is 75.2 cm³/mol. The van der Waals surface area contributed by atoms with Crippen LogP contribution >= 0.6 is 22.9 Å². The minimum absolute atomic E-state index is 0.217. The molecule has 4 nitrogen and oxygen atoms in total. The van der Waals surface area contributed by atoms with Crippen LogP contribution in [0.2, 0.25) is 4.34 Å². The summed E-state index contributed by atoms with van der Waals surface area (Å²) >= 11 is 7.16. The van der Waals surface area contributed by atoms with E-state index in [1.165, 1.54) is 17.4 Å². The molecule has 1 aliphatic carbocycles. The lowest BCUT2D eigenvalue weighted by atomic mass is 10.1. The molecule has 0 aromatic carbocycles. The number of hydrogen-bond acceptors (Lipinski definition) is 3. The Morgan fingerprint density at radius 1 is 1.42 bits per heavy atom.